The first-order valence-corrected chi connectivity index (χ1v) is 7.20. The zero-order chi connectivity index (χ0) is 16.1. The Kier molecular flexibility index (Phi) is 4.34. The SMILES string of the molecule is COc1cccc(N=Nc2cc(-c3ccccc3)ccc2O)c1. The summed E-state index contributed by atoms with van der Waals surface area (Å²) in [6.07, 6.45) is 0. The average Bonchev–Trinajstić information content (AvgIpc) is 2.62. The van der Waals surface area contributed by atoms with E-state index in [-0.39, 0.29) is 5.75 Å². The molecule has 0 unspecified atom stereocenters. The summed E-state index contributed by atoms with van der Waals surface area (Å²) < 4.78 is 5.16. The highest BCUT2D eigenvalue weighted by Gasteiger charge is 2.04. The van der Waals surface area contributed by atoms with Gasteiger partial charge in [-0.25, -0.2) is 0 Å². The van der Waals surface area contributed by atoms with Crippen LogP contribution in [0.5, 0.6) is 11.5 Å². The van der Waals surface area contributed by atoms with Crippen LogP contribution in [0, 0.1) is 0 Å². The first-order chi connectivity index (χ1) is 11.3. The molecule has 3 aromatic rings. The van der Waals surface area contributed by atoms with Gasteiger partial charge in [0.25, 0.3) is 0 Å². The molecular formula is C19H16N2O2. The summed E-state index contributed by atoms with van der Waals surface area (Å²) in [4.78, 5) is 0. The maximum Gasteiger partial charge on any atom is 0.143 e. The van der Waals surface area contributed by atoms with Gasteiger partial charge in [0.15, 0.2) is 0 Å². The Morgan fingerprint density at radius 3 is 2.39 bits per heavy atom. The van der Waals surface area contributed by atoms with Crippen molar-refractivity contribution < 1.29 is 9.84 Å². The van der Waals surface area contributed by atoms with Crippen LogP contribution in [0.4, 0.5) is 11.4 Å². The molecule has 114 valence electrons. The molecule has 0 heterocycles. The Morgan fingerprint density at radius 2 is 1.61 bits per heavy atom. The van der Waals surface area contributed by atoms with Crippen molar-refractivity contribution in [3.8, 4) is 22.6 Å². The van der Waals surface area contributed by atoms with E-state index in [0.717, 1.165) is 11.1 Å². The van der Waals surface area contributed by atoms with Crippen LogP contribution in [0.3, 0.4) is 0 Å². The zero-order valence-corrected chi connectivity index (χ0v) is 12.7. The Bertz CT molecular complexity index is 830. The second-order valence-corrected chi connectivity index (χ2v) is 4.97. The van der Waals surface area contributed by atoms with E-state index in [1.165, 1.54) is 0 Å². The zero-order valence-electron chi connectivity index (χ0n) is 12.7. The first-order valence-electron chi connectivity index (χ1n) is 7.20. The van der Waals surface area contributed by atoms with Crippen LogP contribution in [-0.4, -0.2) is 12.2 Å². The summed E-state index contributed by atoms with van der Waals surface area (Å²) >= 11 is 0. The van der Waals surface area contributed by atoms with Crippen molar-refractivity contribution in [1.29, 1.82) is 0 Å². The van der Waals surface area contributed by atoms with E-state index >= 15 is 0 Å². The number of hydrogen-bond donors (Lipinski definition) is 1. The van der Waals surface area contributed by atoms with Crippen molar-refractivity contribution >= 4 is 11.4 Å². The van der Waals surface area contributed by atoms with Gasteiger partial charge < -0.3 is 9.84 Å². The fourth-order valence-electron chi connectivity index (χ4n) is 2.20. The number of benzene rings is 3. The van der Waals surface area contributed by atoms with E-state index in [2.05, 4.69) is 10.2 Å². The van der Waals surface area contributed by atoms with Gasteiger partial charge in [-0.2, -0.15) is 5.11 Å². The van der Waals surface area contributed by atoms with E-state index < -0.39 is 0 Å². The van der Waals surface area contributed by atoms with Crippen LogP contribution in [-0.2, 0) is 0 Å². The lowest BCUT2D eigenvalue weighted by Crippen LogP contribution is -1.80. The molecule has 0 atom stereocenters. The van der Waals surface area contributed by atoms with E-state index in [0.29, 0.717) is 17.1 Å². The summed E-state index contributed by atoms with van der Waals surface area (Å²) in [6, 6.07) is 22.5. The van der Waals surface area contributed by atoms with E-state index in [1.807, 2.05) is 60.7 Å². The van der Waals surface area contributed by atoms with Gasteiger partial charge in [0, 0.05) is 6.07 Å². The molecule has 0 saturated heterocycles. The van der Waals surface area contributed by atoms with Gasteiger partial charge >= 0.3 is 0 Å². The lowest BCUT2D eigenvalue weighted by Gasteiger charge is -2.04. The number of hydrogen-bond acceptors (Lipinski definition) is 4. The number of ether oxygens (including phenoxy) is 1. The molecule has 0 fully saturated rings. The molecule has 0 bridgehead atoms. The Morgan fingerprint density at radius 1 is 0.783 bits per heavy atom. The highest BCUT2D eigenvalue weighted by molar-refractivity contribution is 5.70. The minimum Gasteiger partial charge on any atom is -0.506 e. The molecule has 0 saturated carbocycles. The number of methoxy groups -OCH3 is 1. The van der Waals surface area contributed by atoms with Gasteiger partial charge in [-0.15, -0.1) is 5.11 Å². The van der Waals surface area contributed by atoms with Crippen LogP contribution >= 0.6 is 0 Å². The molecule has 0 aliphatic heterocycles. The quantitative estimate of drug-likeness (QED) is 0.648. The van der Waals surface area contributed by atoms with Crippen molar-refractivity contribution in [3.05, 3.63) is 72.8 Å². The smallest absolute Gasteiger partial charge is 0.143 e. The minimum atomic E-state index is 0.0938. The maximum atomic E-state index is 9.98. The molecular weight excluding hydrogens is 288 g/mol. The molecule has 4 heteroatoms. The summed E-state index contributed by atoms with van der Waals surface area (Å²) in [5.41, 5.74) is 3.12. The van der Waals surface area contributed by atoms with Crippen LogP contribution in [0.2, 0.25) is 0 Å². The summed E-state index contributed by atoms with van der Waals surface area (Å²) in [5, 5.41) is 18.3. The number of phenols is 1. The monoisotopic (exact) mass is 304 g/mol. The Hall–Kier alpha value is -3.14. The number of nitrogens with zero attached hydrogens (tertiary/aromatic N) is 2. The predicted molar refractivity (Wildman–Crippen MR) is 90.7 cm³/mol. The fraction of sp³-hybridized carbons (Fsp3) is 0.0526. The average molecular weight is 304 g/mol. The number of azo groups is 1. The van der Waals surface area contributed by atoms with E-state index in [9.17, 15) is 5.11 Å². The van der Waals surface area contributed by atoms with Crippen molar-refractivity contribution in [2.45, 2.75) is 0 Å². The van der Waals surface area contributed by atoms with Crippen molar-refractivity contribution in [1.82, 2.24) is 0 Å². The summed E-state index contributed by atoms with van der Waals surface area (Å²) in [7, 11) is 1.60. The van der Waals surface area contributed by atoms with Gasteiger partial charge in [0.2, 0.25) is 0 Å². The molecule has 0 radical (unpaired) electrons. The van der Waals surface area contributed by atoms with Crippen LogP contribution in [0.1, 0.15) is 0 Å². The Labute approximate surface area is 134 Å². The second kappa shape index (κ2) is 6.75. The third-order valence-corrected chi connectivity index (χ3v) is 3.41. The molecule has 1 N–H and O–H groups in total. The largest absolute Gasteiger partial charge is 0.506 e. The fourth-order valence-corrected chi connectivity index (χ4v) is 2.20. The normalized spacial score (nSPS) is 10.8. The first kappa shape index (κ1) is 14.8. The standard InChI is InChI=1S/C19H16N2O2/c1-23-17-9-5-8-16(13-17)20-21-18-12-15(10-11-19(18)22)14-6-3-2-4-7-14/h2-13,22H,1H3. The molecule has 4 nitrogen and oxygen atoms in total. The van der Waals surface area contributed by atoms with Crippen LogP contribution in [0.25, 0.3) is 11.1 Å². The molecule has 0 aliphatic rings. The molecule has 0 aliphatic carbocycles. The van der Waals surface area contributed by atoms with E-state index in [4.69, 9.17) is 4.74 Å². The second-order valence-electron chi connectivity index (χ2n) is 4.97. The van der Waals surface area contributed by atoms with Crippen molar-refractivity contribution in [3.63, 3.8) is 0 Å². The van der Waals surface area contributed by atoms with Gasteiger partial charge in [-0.3, -0.25) is 0 Å². The van der Waals surface area contributed by atoms with Gasteiger partial charge in [0.1, 0.15) is 17.2 Å². The number of aromatic hydroxyl groups is 1. The summed E-state index contributed by atoms with van der Waals surface area (Å²) in [6.45, 7) is 0. The Balaban J connectivity index is 1.91. The van der Waals surface area contributed by atoms with Gasteiger partial charge in [-0.1, -0.05) is 42.5 Å². The molecule has 3 rings (SSSR count). The van der Waals surface area contributed by atoms with Gasteiger partial charge in [-0.05, 0) is 35.4 Å². The number of rotatable bonds is 4. The molecule has 0 spiro atoms. The third kappa shape index (κ3) is 3.55. The molecule has 23 heavy (non-hydrogen) atoms. The topological polar surface area (TPSA) is 54.2 Å². The van der Waals surface area contributed by atoms with Crippen LogP contribution < -0.4 is 4.74 Å². The molecule has 0 aromatic heterocycles. The van der Waals surface area contributed by atoms with Crippen molar-refractivity contribution in [2.75, 3.05) is 7.11 Å². The summed E-state index contributed by atoms with van der Waals surface area (Å²) in [5.74, 6) is 0.806. The van der Waals surface area contributed by atoms with Gasteiger partial charge in [0.05, 0.1) is 12.8 Å². The molecule has 3 aromatic carbocycles. The minimum absolute atomic E-state index is 0.0938. The number of phenolic OH excluding ortho intramolecular Hbond substituents is 1. The van der Waals surface area contributed by atoms with Crippen LogP contribution in [0.15, 0.2) is 83.0 Å². The third-order valence-electron chi connectivity index (χ3n) is 3.41. The highest BCUT2D eigenvalue weighted by atomic mass is 16.5. The maximum absolute atomic E-state index is 9.98. The lowest BCUT2D eigenvalue weighted by atomic mass is 10.1. The van der Waals surface area contributed by atoms with Crippen molar-refractivity contribution in [2.24, 2.45) is 10.2 Å². The predicted octanol–water partition coefficient (Wildman–Crippen LogP) is 5.48. The lowest BCUT2D eigenvalue weighted by molar-refractivity contribution is 0.415. The highest BCUT2D eigenvalue weighted by Crippen LogP contribution is 2.33. The molecule has 0 amide bonds. The van der Waals surface area contributed by atoms with E-state index in [1.54, 1.807) is 19.2 Å².